The van der Waals surface area contributed by atoms with Crippen molar-refractivity contribution in [2.75, 3.05) is 38.3 Å². The van der Waals surface area contributed by atoms with Gasteiger partial charge >= 0.3 is 5.97 Å². The highest BCUT2D eigenvalue weighted by atomic mass is 35.5. The van der Waals surface area contributed by atoms with Gasteiger partial charge in [0.1, 0.15) is 11.7 Å². The van der Waals surface area contributed by atoms with E-state index in [4.69, 9.17) is 4.74 Å². The second-order valence-corrected chi connectivity index (χ2v) is 7.98. The first-order valence-electron chi connectivity index (χ1n) is 10.1. The first-order chi connectivity index (χ1) is 14.4. The molecule has 2 atom stereocenters. The third-order valence-corrected chi connectivity index (χ3v) is 5.91. The maximum atomic E-state index is 14.7. The predicted molar refractivity (Wildman–Crippen MR) is 120 cm³/mol. The molecule has 2 fully saturated rings. The van der Waals surface area contributed by atoms with Gasteiger partial charge in [-0.15, -0.1) is 12.4 Å². The number of H-pyrrole nitrogens is 1. The van der Waals surface area contributed by atoms with E-state index in [0.29, 0.717) is 41.6 Å². The molecule has 1 saturated heterocycles. The molecular weight excluding hydrogens is 448 g/mol. The number of pyridine rings is 1. The van der Waals surface area contributed by atoms with Crippen molar-refractivity contribution in [3.63, 3.8) is 0 Å². The van der Waals surface area contributed by atoms with Gasteiger partial charge in [-0.3, -0.25) is 9.18 Å². The van der Waals surface area contributed by atoms with Crippen molar-refractivity contribution in [2.45, 2.75) is 31.5 Å². The van der Waals surface area contributed by atoms with Crippen LogP contribution in [0.15, 0.2) is 17.1 Å². The molecule has 1 aliphatic heterocycles. The lowest BCUT2D eigenvalue weighted by Crippen LogP contribution is -2.30. The fourth-order valence-electron chi connectivity index (χ4n) is 4.19. The van der Waals surface area contributed by atoms with Crippen LogP contribution >= 0.6 is 12.4 Å². The number of carboxylic acids is 1. The van der Waals surface area contributed by atoms with E-state index < -0.39 is 29.8 Å². The van der Waals surface area contributed by atoms with Crippen LogP contribution in [-0.4, -0.2) is 67.2 Å². The molecule has 8 nitrogen and oxygen atoms in total. The standard InChI is InChI=1S/C21H25F2N3O4.ClH.H2O/c1-30-20-17-14(19(27)15(8-25-17)21(28)29)6-11(4-5-22)18(20)26-9-12(16(23)10-26)7-24-13-2-3-13;;/h6,8,12-13,16,24H,2-5,7,9-10H2,1H3,(H,25,27)(H,28,29);1H;1H2/t12-,16+;;/m0../s1. The summed E-state index contributed by atoms with van der Waals surface area (Å²) in [6, 6.07) is 1.98. The Bertz CT molecular complexity index is 1030. The lowest BCUT2D eigenvalue weighted by atomic mass is 10.0. The summed E-state index contributed by atoms with van der Waals surface area (Å²) in [6.45, 7) is 0.502. The quantitative estimate of drug-likeness (QED) is 0.535. The average molecular weight is 476 g/mol. The summed E-state index contributed by atoms with van der Waals surface area (Å²) in [6.07, 6.45) is 2.34. The van der Waals surface area contributed by atoms with Crippen molar-refractivity contribution in [3.05, 3.63) is 33.6 Å². The average Bonchev–Trinajstić information content (AvgIpc) is 3.47. The summed E-state index contributed by atoms with van der Waals surface area (Å²) in [4.78, 5) is 28.7. The number of carboxylic acid groups (broad SMARTS) is 1. The zero-order chi connectivity index (χ0) is 21.4. The molecule has 0 radical (unpaired) electrons. The number of benzene rings is 1. The molecule has 11 heteroatoms. The minimum absolute atomic E-state index is 0. The summed E-state index contributed by atoms with van der Waals surface area (Å²) in [5.41, 5.74) is 0.299. The first kappa shape index (κ1) is 25.8. The molecule has 0 unspecified atom stereocenters. The molecule has 4 rings (SSSR count). The van der Waals surface area contributed by atoms with Crippen molar-refractivity contribution >= 4 is 35.0 Å². The number of aryl methyl sites for hydroxylation is 1. The molecule has 2 aliphatic rings. The number of ether oxygens (including phenoxy) is 1. The number of methoxy groups -OCH3 is 1. The topological polar surface area (TPSA) is 126 Å². The van der Waals surface area contributed by atoms with Crippen LogP contribution in [0.2, 0.25) is 0 Å². The van der Waals surface area contributed by atoms with Crippen molar-refractivity contribution in [1.82, 2.24) is 10.3 Å². The molecule has 1 saturated carbocycles. The van der Waals surface area contributed by atoms with Gasteiger partial charge in [0.05, 0.1) is 30.4 Å². The number of rotatable bonds is 8. The second-order valence-electron chi connectivity index (χ2n) is 7.98. The van der Waals surface area contributed by atoms with E-state index in [9.17, 15) is 23.5 Å². The number of hydrogen-bond donors (Lipinski definition) is 3. The molecule has 178 valence electrons. The largest absolute Gasteiger partial charge is 0.492 e. The van der Waals surface area contributed by atoms with Crippen molar-refractivity contribution in [3.8, 4) is 5.75 Å². The number of fused-ring (bicyclic) bond motifs is 1. The van der Waals surface area contributed by atoms with Crippen LogP contribution in [0.3, 0.4) is 0 Å². The number of carbonyl (C=O) groups is 1. The Kier molecular flexibility index (Phi) is 8.44. The number of aromatic carboxylic acids is 1. The van der Waals surface area contributed by atoms with Gasteiger partial charge < -0.3 is 30.5 Å². The lowest BCUT2D eigenvalue weighted by Gasteiger charge is -2.25. The maximum absolute atomic E-state index is 14.7. The number of anilines is 1. The number of hydrogen-bond acceptors (Lipinski definition) is 5. The minimum Gasteiger partial charge on any atom is -0.492 e. The van der Waals surface area contributed by atoms with E-state index in [1.165, 1.54) is 13.2 Å². The van der Waals surface area contributed by atoms with Crippen LogP contribution in [0, 0.1) is 5.92 Å². The third kappa shape index (κ3) is 4.82. The summed E-state index contributed by atoms with van der Waals surface area (Å²) in [7, 11) is 1.43. The Morgan fingerprint density at radius 1 is 1.38 bits per heavy atom. The van der Waals surface area contributed by atoms with Crippen LogP contribution in [0.25, 0.3) is 10.9 Å². The number of nitrogens with one attached hydrogen (secondary N) is 2. The van der Waals surface area contributed by atoms with Crippen molar-refractivity contribution in [1.29, 1.82) is 0 Å². The van der Waals surface area contributed by atoms with E-state index in [2.05, 4.69) is 10.3 Å². The summed E-state index contributed by atoms with van der Waals surface area (Å²) < 4.78 is 33.7. The van der Waals surface area contributed by atoms with E-state index in [0.717, 1.165) is 19.0 Å². The van der Waals surface area contributed by atoms with Crippen LogP contribution < -0.4 is 20.4 Å². The molecule has 0 amide bonds. The zero-order valence-corrected chi connectivity index (χ0v) is 18.4. The van der Waals surface area contributed by atoms with Gasteiger partial charge in [-0.2, -0.15) is 0 Å². The molecule has 1 aromatic heterocycles. The Hall–Kier alpha value is -2.43. The summed E-state index contributed by atoms with van der Waals surface area (Å²) >= 11 is 0. The molecule has 1 aromatic carbocycles. The molecule has 0 spiro atoms. The highest BCUT2D eigenvalue weighted by Gasteiger charge is 2.36. The molecule has 5 N–H and O–H groups in total. The number of alkyl halides is 2. The van der Waals surface area contributed by atoms with E-state index in [-0.39, 0.29) is 42.2 Å². The van der Waals surface area contributed by atoms with Gasteiger partial charge in [-0.25, -0.2) is 9.18 Å². The van der Waals surface area contributed by atoms with Gasteiger partial charge in [0.25, 0.3) is 0 Å². The molecular formula is C21H28ClF2N3O5. The van der Waals surface area contributed by atoms with Gasteiger partial charge in [0, 0.05) is 44.2 Å². The van der Waals surface area contributed by atoms with Crippen LogP contribution in [0.5, 0.6) is 5.75 Å². The van der Waals surface area contributed by atoms with E-state index in [1.807, 2.05) is 4.90 Å². The number of halogens is 3. The van der Waals surface area contributed by atoms with Crippen molar-refractivity contribution in [2.24, 2.45) is 5.92 Å². The minimum atomic E-state index is -1.35. The Labute approximate surface area is 189 Å². The number of nitrogens with zero attached hydrogens (tertiary/aromatic N) is 1. The van der Waals surface area contributed by atoms with Gasteiger partial charge in [0.2, 0.25) is 5.43 Å². The fraction of sp³-hybridized carbons (Fsp3) is 0.524. The molecule has 2 heterocycles. The SMILES string of the molecule is COc1c(N2C[C@H](CNC3CC3)[C@H](F)C2)c(CCF)cc2c(=O)c(C(=O)O)c[nH]c12.Cl.O. The molecule has 2 aromatic rings. The Morgan fingerprint density at radius 3 is 2.69 bits per heavy atom. The summed E-state index contributed by atoms with van der Waals surface area (Å²) in [5, 5.41) is 12.7. The smallest absolute Gasteiger partial charge is 0.341 e. The third-order valence-electron chi connectivity index (χ3n) is 5.91. The van der Waals surface area contributed by atoms with Crippen LogP contribution in [-0.2, 0) is 6.42 Å². The number of aromatic amines is 1. The maximum Gasteiger partial charge on any atom is 0.341 e. The van der Waals surface area contributed by atoms with E-state index in [1.54, 1.807) is 0 Å². The Morgan fingerprint density at radius 2 is 2.09 bits per heavy atom. The zero-order valence-electron chi connectivity index (χ0n) is 17.6. The van der Waals surface area contributed by atoms with E-state index >= 15 is 0 Å². The monoisotopic (exact) mass is 475 g/mol. The van der Waals surface area contributed by atoms with Gasteiger partial charge in [0.15, 0.2) is 5.75 Å². The summed E-state index contributed by atoms with van der Waals surface area (Å²) in [5.74, 6) is -1.25. The molecule has 32 heavy (non-hydrogen) atoms. The van der Waals surface area contributed by atoms with Gasteiger partial charge in [-0.05, 0) is 24.5 Å². The normalized spacial score (nSPS) is 20.0. The van der Waals surface area contributed by atoms with Gasteiger partial charge in [-0.1, -0.05) is 0 Å². The highest BCUT2D eigenvalue weighted by molar-refractivity contribution is 5.97. The number of aromatic nitrogens is 1. The van der Waals surface area contributed by atoms with Crippen molar-refractivity contribution < 1.29 is 28.9 Å². The Balaban J connectivity index is 0.00000181. The molecule has 1 aliphatic carbocycles. The predicted octanol–water partition coefficient (Wildman–Crippen LogP) is 1.87. The van der Waals surface area contributed by atoms with Crippen LogP contribution in [0.4, 0.5) is 14.5 Å². The lowest BCUT2D eigenvalue weighted by molar-refractivity contribution is 0.0695. The molecule has 0 bridgehead atoms. The first-order valence-corrected chi connectivity index (χ1v) is 10.1. The second kappa shape index (κ2) is 10.5. The fourth-order valence-corrected chi connectivity index (χ4v) is 4.19. The highest BCUT2D eigenvalue weighted by Crippen LogP contribution is 2.41. The van der Waals surface area contributed by atoms with Crippen LogP contribution in [0.1, 0.15) is 28.8 Å².